The number of ether oxygens (including phenoxy) is 1. The SMILES string of the molecule is COCCNCCSc1ncn[nH]1. The lowest BCUT2D eigenvalue weighted by atomic mass is 10.6. The Balaban J connectivity index is 1.90. The summed E-state index contributed by atoms with van der Waals surface area (Å²) in [4.78, 5) is 3.99. The van der Waals surface area contributed by atoms with Gasteiger partial charge in [0.2, 0.25) is 0 Å². The zero-order valence-electron chi connectivity index (χ0n) is 7.62. The third kappa shape index (κ3) is 4.87. The maximum atomic E-state index is 4.90. The Hall–Kier alpha value is -0.590. The Kier molecular flexibility index (Phi) is 5.55. The van der Waals surface area contributed by atoms with Gasteiger partial charge in [0.25, 0.3) is 0 Å². The molecule has 6 heteroatoms. The van der Waals surface area contributed by atoms with Crippen molar-refractivity contribution in [1.29, 1.82) is 0 Å². The fourth-order valence-electron chi connectivity index (χ4n) is 0.783. The summed E-state index contributed by atoms with van der Waals surface area (Å²) in [6.45, 7) is 2.61. The van der Waals surface area contributed by atoms with Crippen molar-refractivity contribution in [2.45, 2.75) is 5.16 Å². The molecule has 0 spiro atoms. The Morgan fingerprint density at radius 1 is 1.62 bits per heavy atom. The van der Waals surface area contributed by atoms with Crippen LogP contribution in [0.5, 0.6) is 0 Å². The van der Waals surface area contributed by atoms with E-state index in [0.717, 1.165) is 30.6 Å². The van der Waals surface area contributed by atoms with Gasteiger partial charge in [0.05, 0.1) is 6.61 Å². The summed E-state index contributed by atoms with van der Waals surface area (Å²) in [7, 11) is 1.70. The first kappa shape index (κ1) is 10.5. The van der Waals surface area contributed by atoms with Crippen LogP contribution in [0.2, 0.25) is 0 Å². The zero-order valence-corrected chi connectivity index (χ0v) is 8.43. The summed E-state index contributed by atoms with van der Waals surface area (Å²) >= 11 is 1.65. The molecule has 1 rings (SSSR count). The molecule has 0 aliphatic rings. The molecule has 5 nitrogen and oxygen atoms in total. The van der Waals surface area contributed by atoms with Crippen LogP contribution >= 0.6 is 11.8 Å². The van der Waals surface area contributed by atoms with Crippen LogP contribution in [0.3, 0.4) is 0 Å². The second-order valence-electron chi connectivity index (χ2n) is 2.38. The van der Waals surface area contributed by atoms with E-state index in [9.17, 15) is 0 Å². The van der Waals surface area contributed by atoms with Gasteiger partial charge in [0.15, 0.2) is 5.16 Å². The number of aromatic amines is 1. The molecule has 1 heterocycles. The van der Waals surface area contributed by atoms with Gasteiger partial charge in [-0.1, -0.05) is 11.8 Å². The van der Waals surface area contributed by atoms with Gasteiger partial charge in [-0.25, -0.2) is 4.98 Å². The first-order valence-electron chi connectivity index (χ1n) is 4.11. The Labute approximate surface area is 81.7 Å². The average Bonchev–Trinajstić information content (AvgIpc) is 2.63. The molecular formula is C7H14N4OS. The van der Waals surface area contributed by atoms with Crippen molar-refractivity contribution in [3.8, 4) is 0 Å². The van der Waals surface area contributed by atoms with Crippen LogP contribution in [-0.2, 0) is 4.74 Å². The minimum Gasteiger partial charge on any atom is -0.383 e. The fraction of sp³-hybridized carbons (Fsp3) is 0.714. The Morgan fingerprint density at radius 3 is 3.23 bits per heavy atom. The first-order valence-corrected chi connectivity index (χ1v) is 5.10. The third-order valence-electron chi connectivity index (χ3n) is 1.39. The second kappa shape index (κ2) is 6.88. The van der Waals surface area contributed by atoms with Gasteiger partial charge in [0.1, 0.15) is 6.33 Å². The number of hydrogen-bond donors (Lipinski definition) is 2. The van der Waals surface area contributed by atoms with Crippen LogP contribution < -0.4 is 5.32 Å². The number of methoxy groups -OCH3 is 1. The van der Waals surface area contributed by atoms with E-state index in [2.05, 4.69) is 20.5 Å². The molecule has 0 atom stereocenters. The molecule has 13 heavy (non-hydrogen) atoms. The highest BCUT2D eigenvalue weighted by Crippen LogP contribution is 2.08. The van der Waals surface area contributed by atoms with Gasteiger partial charge < -0.3 is 10.1 Å². The molecule has 0 aromatic carbocycles. The highest BCUT2D eigenvalue weighted by molar-refractivity contribution is 7.99. The molecule has 0 bridgehead atoms. The van der Waals surface area contributed by atoms with Crippen molar-refractivity contribution in [1.82, 2.24) is 20.5 Å². The van der Waals surface area contributed by atoms with Crippen molar-refractivity contribution in [3.63, 3.8) is 0 Å². The molecule has 1 aromatic rings. The van der Waals surface area contributed by atoms with Crippen LogP contribution in [0.15, 0.2) is 11.5 Å². The number of rotatable bonds is 7. The lowest BCUT2D eigenvalue weighted by molar-refractivity contribution is 0.200. The van der Waals surface area contributed by atoms with E-state index in [-0.39, 0.29) is 0 Å². The maximum absolute atomic E-state index is 4.90. The summed E-state index contributed by atoms with van der Waals surface area (Å²) in [5.41, 5.74) is 0. The van der Waals surface area contributed by atoms with E-state index in [1.165, 1.54) is 6.33 Å². The van der Waals surface area contributed by atoms with Gasteiger partial charge in [-0.05, 0) is 0 Å². The summed E-state index contributed by atoms with van der Waals surface area (Å²) < 4.78 is 4.90. The van der Waals surface area contributed by atoms with E-state index < -0.39 is 0 Å². The predicted molar refractivity (Wildman–Crippen MR) is 51.9 cm³/mol. The summed E-state index contributed by atoms with van der Waals surface area (Å²) in [5.74, 6) is 0.985. The van der Waals surface area contributed by atoms with E-state index in [1.807, 2.05) is 0 Å². The van der Waals surface area contributed by atoms with Crippen LogP contribution in [0, 0.1) is 0 Å². The second-order valence-corrected chi connectivity index (χ2v) is 3.47. The smallest absolute Gasteiger partial charge is 0.183 e. The Bertz CT molecular complexity index is 204. The molecule has 0 amide bonds. The van der Waals surface area contributed by atoms with E-state index in [0.29, 0.717) is 0 Å². The molecule has 74 valence electrons. The highest BCUT2D eigenvalue weighted by atomic mass is 32.2. The lowest BCUT2D eigenvalue weighted by Gasteiger charge is -2.01. The molecule has 0 saturated heterocycles. The number of H-pyrrole nitrogens is 1. The number of thioether (sulfide) groups is 1. The number of aromatic nitrogens is 3. The van der Waals surface area contributed by atoms with Gasteiger partial charge in [0, 0.05) is 26.0 Å². The standard InChI is InChI=1S/C7H14N4OS/c1-12-4-2-8-3-5-13-7-9-6-10-11-7/h6,8H,2-5H2,1H3,(H,9,10,11). The number of hydrogen-bond acceptors (Lipinski definition) is 5. The number of nitrogens with zero attached hydrogens (tertiary/aromatic N) is 2. The molecule has 0 fully saturated rings. The average molecular weight is 202 g/mol. The van der Waals surface area contributed by atoms with Crippen LogP contribution in [0.25, 0.3) is 0 Å². The molecule has 0 unspecified atom stereocenters. The fourth-order valence-corrected chi connectivity index (χ4v) is 1.46. The lowest BCUT2D eigenvalue weighted by Crippen LogP contribution is -2.21. The van der Waals surface area contributed by atoms with Crippen molar-refractivity contribution < 1.29 is 4.74 Å². The molecule has 2 N–H and O–H groups in total. The molecule has 0 saturated carbocycles. The van der Waals surface area contributed by atoms with E-state index in [4.69, 9.17) is 4.74 Å². The quantitative estimate of drug-likeness (QED) is 0.486. The molecule has 0 aliphatic carbocycles. The van der Waals surface area contributed by atoms with Crippen LogP contribution in [0.4, 0.5) is 0 Å². The van der Waals surface area contributed by atoms with Crippen LogP contribution in [-0.4, -0.2) is 47.7 Å². The van der Waals surface area contributed by atoms with Crippen molar-refractivity contribution in [2.24, 2.45) is 0 Å². The van der Waals surface area contributed by atoms with E-state index >= 15 is 0 Å². The molecule has 1 aromatic heterocycles. The summed E-state index contributed by atoms with van der Waals surface area (Å²) in [6.07, 6.45) is 1.51. The summed E-state index contributed by atoms with van der Waals surface area (Å²) in [6, 6.07) is 0. The number of nitrogens with one attached hydrogen (secondary N) is 2. The van der Waals surface area contributed by atoms with Gasteiger partial charge in [-0.3, -0.25) is 5.10 Å². The van der Waals surface area contributed by atoms with Gasteiger partial charge in [-0.2, -0.15) is 5.10 Å². The highest BCUT2D eigenvalue weighted by Gasteiger charge is 1.94. The van der Waals surface area contributed by atoms with Crippen molar-refractivity contribution >= 4 is 11.8 Å². The minimum atomic E-state index is 0.757. The Morgan fingerprint density at radius 2 is 2.54 bits per heavy atom. The van der Waals surface area contributed by atoms with Gasteiger partial charge >= 0.3 is 0 Å². The van der Waals surface area contributed by atoms with Gasteiger partial charge in [-0.15, -0.1) is 0 Å². The third-order valence-corrected chi connectivity index (χ3v) is 2.27. The normalized spacial score (nSPS) is 10.5. The van der Waals surface area contributed by atoms with Crippen LogP contribution in [0.1, 0.15) is 0 Å². The minimum absolute atomic E-state index is 0.757. The molecule has 0 aliphatic heterocycles. The maximum Gasteiger partial charge on any atom is 0.183 e. The summed E-state index contributed by atoms with van der Waals surface area (Å²) in [5, 5.41) is 10.7. The predicted octanol–water partition coefficient (Wildman–Crippen LogP) is 0.133. The molecule has 0 radical (unpaired) electrons. The van der Waals surface area contributed by atoms with Crippen molar-refractivity contribution in [3.05, 3.63) is 6.33 Å². The van der Waals surface area contributed by atoms with E-state index in [1.54, 1.807) is 18.9 Å². The van der Waals surface area contributed by atoms with Crippen molar-refractivity contribution in [2.75, 3.05) is 32.6 Å². The largest absolute Gasteiger partial charge is 0.383 e. The topological polar surface area (TPSA) is 62.8 Å². The monoisotopic (exact) mass is 202 g/mol. The zero-order chi connectivity index (χ0) is 9.36. The molecular weight excluding hydrogens is 188 g/mol. The first-order chi connectivity index (χ1) is 6.43.